The van der Waals surface area contributed by atoms with Gasteiger partial charge in [-0.25, -0.2) is 4.79 Å². The maximum absolute atomic E-state index is 11.1. The number of carbonyl (C=O) groups excluding carboxylic acids is 1. The number of aromatic nitrogens is 2. The fourth-order valence-corrected chi connectivity index (χ4v) is 2.24. The van der Waals surface area contributed by atoms with Crippen molar-refractivity contribution in [1.29, 1.82) is 0 Å². The van der Waals surface area contributed by atoms with Gasteiger partial charge in [0.25, 0.3) is 0 Å². The Morgan fingerprint density at radius 2 is 2.33 bits per heavy atom. The van der Waals surface area contributed by atoms with Crippen LogP contribution >= 0.6 is 23.2 Å². The topological polar surface area (TPSA) is 67.3 Å². The van der Waals surface area contributed by atoms with E-state index in [9.17, 15) is 4.79 Å². The molecule has 1 aromatic rings. The zero-order chi connectivity index (χ0) is 13.1. The van der Waals surface area contributed by atoms with Gasteiger partial charge in [-0.15, -0.1) is 10.2 Å². The van der Waals surface area contributed by atoms with Crippen LogP contribution in [0.1, 0.15) is 6.42 Å². The highest BCUT2D eigenvalue weighted by Gasteiger charge is 2.26. The normalized spacial score (nSPS) is 18.8. The molecule has 98 valence electrons. The molecule has 1 aliphatic heterocycles. The van der Waals surface area contributed by atoms with Crippen LogP contribution in [0.4, 0.5) is 10.5 Å². The smallest absolute Gasteiger partial charge is 0.407 e. The molecule has 2 heterocycles. The summed E-state index contributed by atoms with van der Waals surface area (Å²) in [5.41, 5.74) is 0.728. The van der Waals surface area contributed by atoms with E-state index in [2.05, 4.69) is 20.3 Å². The number of methoxy groups -OCH3 is 1. The molecule has 0 bridgehead atoms. The van der Waals surface area contributed by atoms with Crippen molar-refractivity contribution >= 4 is 35.0 Å². The largest absolute Gasteiger partial charge is 0.453 e. The van der Waals surface area contributed by atoms with Gasteiger partial charge in [-0.05, 0) is 6.42 Å². The van der Waals surface area contributed by atoms with Crippen LogP contribution in [-0.2, 0) is 4.74 Å². The van der Waals surface area contributed by atoms with Gasteiger partial charge >= 0.3 is 6.09 Å². The van der Waals surface area contributed by atoms with Gasteiger partial charge in [-0.2, -0.15) is 0 Å². The summed E-state index contributed by atoms with van der Waals surface area (Å²) < 4.78 is 4.56. The zero-order valence-corrected chi connectivity index (χ0v) is 11.2. The first-order valence-electron chi connectivity index (χ1n) is 5.38. The number of hydrogen-bond donors (Lipinski definition) is 1. The van der Waals surface area contributed by atoms with Crippen LogP contribution in [0.5, 0.6) is 0 Å². The minimum Gasteiger partial charge on any atom is -0.453 e. The number of ether oxygens (including phenoxy) is 1. The Hall–Kier alpha value is -1.27. The Bertz CT molecular complexity index is 458. The Morgan fingerprint density at radius 1 is 1.56 bits per heavy atom. The second-order valence-electron chi connectivity index (χ2n) is 3.91. The highest BCUT2D eigenvalue weighted by Crippen LogP contribution is 2.28. The SMILES string of the molecule is COC(=O)NC1CCN(c2cc(Cl)nnc2Cl)C1. The maximum atomic E-state index is 11.1. The number of amides is 1. The third-order valence-electron chi connectivity index (χ3n) is 2.74. The molecule has 1 unspecified atom stereocenters. The number of halogens is 2. The average molecular weight is 291 g/mol. The van der Waals surface area contributed by atoms with Gasteiger partial charge in [-0.3, -0.25) is 0 Å². The number of nitrogens with zero attached hydrogens (tertiary/aromatic N) is 3. The van der Waals surface area contributed by atoms with Crippen molar-refractivity contribution in [3.8, 4) is 0 Å². The van der Waals surface area contributed by atoms with E-state index in [4.69, 9.17) is 23.2 Å². The van der Waals surface area contributed by atoms with E-state index in [0.29, 0.717) is 16.9 Å². The van der Waals surface area contributed by atoms with Crippen molar-refractivity contribution < 1.29 is 9.53 Å². The summed E-state index contributed by atoms with van der Waals surface area (Å²) in [5, 5.41) is 10.8. The quantitative estimate of drug-likeness (QED) is 0.898. The van der Waals surface area contributed by atoms with Crippen LogP contribution < -0.4 is 10.2 Å². The number of anilines is 1. The van der Waals surface area contributed by atoms with Gasteiger partial charge in [-0.1, -0.05) is 23.2 Å². The third kappa shape index (κ3) is 2.94. The van der Waals surface area contributed by atoms with Gasteiger partial charge in [0.1, 0.15) is 0 Å². The second kappa shape index (κ2) is 5.58. The van der Waals surface area contributed by atoms with Gasteiger partial charge in [0.05, 0.1) is 18.8 Å². The van der Waals surface area contributed by atoms with Crippen LogP contribution in [0.15, 0.2) is 6.07 Å². The van der Waals surface area contributed by atoms with Crippen molar-refractivity contribution in [2.75, 3.05) is 25.1 Å². The second-order valence-corrected chi connectivity index (χ2v) is 4.66. The van der Waals surface area contributed by atoms with Crippen LogP contribution in [0.2, 0.25) is 10.3 Å². The fourth-order valence-electron chi connectivity index (χ4n) is 1.89. The van der Waals surface area contributed by atoms with E-state index in [1.54, 1.807) is 6.07 Å². The summed E-state index contributed by atoms with van der Waals surface area (Å²) in [7, 11) is 1.34. The summed E-state index contributed by atoms with van der Waals surface area (Å²) in [6.07, 6.45) is 0.379. The van der Waals surface area contributed by atoms with E-state index in [-0.39, 0.29) is 6.04 Å². The van der Waals surface area contributed by atoms with Crippen LogP contribution in [0.3, 0.4) is 0 Å². The number of hydrogen-bond acceptors (Lipinski definition) is 5. The number of carbonyl (C=O) groups is 1. The molecule has 0 spiro atoms. The highest BCUT2D eigenvalue weighted by atomic mass is 35.5. The molecule has 1 aromatic heterocycles. The average Bonchev–Trinajstić information content (AvgIpc) is 2.80. The van der Waals surface area contributed by atoms with Crippen molar-refractivity contribution in [2.24, 2.45) is 0 Å². The molecule has 6 nitrogen and oxygen atoms in total. The fraction of sp³-hybridized carbons (Fsp3) is 0.500. The molecule has 1 N–H and O–H groups in total. The van der Waals surface area contributed by atoms with E-state index >= 15 is 0 Å². The third-order valence-corrected chi connectivity index (χ3v) is 3.19. The van der Waals surface area contributed by atoms with Crippen molar-refractivity contribution in [1.82, 2.24) is 15.5 Å². The predicted molar refractivity (Wildman–Crippen MR) is 68.2 cm³/mol. The lowest BCUT2D eigenvalue weighted by Gasteiger charge is -2.19. The number of alkyl carbamates (subject to hydrolysis) is 1. The molecule has 8 heteroatoms. The molecule has 0 aliphatic carbocycles. The molecule has 2 rings (SSSR count). The maximum Gasteiger partial charge on any atom is 0.407 e. The molecular weight excluding hydrogens is 279 g/mol. The first-order chi connectivity index (χ1) is 8.60. The van der Waals surface area contributed by atoms with E-state index in [0.717, 1.165) is 18.7 Å². The van der Waals surface area contributed by atoms with Crippen molar-refractivity contribution in [3.63, 3.8) is 0 Å². The summed E-state index contributed by atoms with van der Waals surface area (Å²) in [5.74, 6) is 0. The lowest BCUT2D eigenvalue weighted by Crippen LogP contribution is -2.37. The summed E-state index contributed by atoms with van der Waals surface area (Å²) in [4.78, 5) is 13.1. The molecule has 0 radical (unpaired) electrons. The molecule has 0 saturated carbocycles. The Labute approximate surface area is 114 Å². The van der Waals surface area contributed by atoms with Crippen LogP contribution in [0.25, 0.3) is 0 Å². The zero-order valence-electron chi connectivity index (χ0n) is 9.69. The predicted octanol–water partition coefficient (Wildman–Crippen LogP) is 1.72. The lowest BCUT2D eigenvalue weighted by atomic mass is 10.3. The first kappa shape index (κ1) is 13.2. The van der Waals surface area contributed by atoms with Crippen molar-refractivity contribution in [2.45, 2.75) is 12.5 Å². The summed E-state index contributed by atoms with van der Waals surface area (Å²) in [6.45, 7) is 1.40. The minimum atomic E-state index is -0.432. The van der Waals surface area contributed by atoms with Gasteiger partial charge < -0.3 is 15.0 Å². The molecule has 0 aromatic carbocycles. The van der Waals surface area contributed by atoms with E-state index in [1.165, 1.54) is 7.11 Å². The van der Waals surface area contributed by atoms with E-state index in [1.807, 2.05) is 4.90 Å². The van der Waals surface area contributed by atoms with Gasteiger partial charge in [0, 0.05) is 19.2 Å². The lowest BCUT2D eigenvalue weighted by molar-refractivity contribution is 0.167. The van der Waals surface area contributed by atoms with E-state index < -0.39 is 6.09 Å². The van der Waals surface area contributed by atoms with Crippen molar-refractivity contribution in [3.05, 3.63) is 16.4 Å². The minimum absolute atomic E-state index is 0.0282. The molecule has 1 saturated heterocycles. The van der Waals surface area contributed by atoms with Crippen LogP contribution in [0, 0.1) is 0 Å². The number of nitrogens with one attached hydrogen (secondary N) is 1. The molecular formula is C10H12Cl2N4O2. The monoisotopic (exact) mass is 290 g/mol. The van der Waals surface area contributed by atoms with Gasteiger partial charge in [0.2, 0.25) is 0 Å². The standard InChI is InChI=1S/C10H12Cl2N4O2/c1-18-10(17)13-6-2-3-16(5-6)7-4-8(11)14-15-9(7)12/h4,6H,2-3,5H2,1H3,(H,13,17). The molecule has 18 heavy (non-hydrogen) atoms. The Balaban J connectivity index is 2.04. The van der Waals surface area contributed by atoms with Crippen LogP contribution in [-0.4, -0.2) is 42.5 Å². The Kier molecular flexibility index (Phi) is 4.08. The molecule has 1 fully saturated rings. The highest BCUT2D eigenvalue weighted by molar-refractivity contribution is 6.33. The summed E-state index contributed by atoms with van der Waals surface area (Å²) >= 11 is 11.8. The first-order valence-corrected chi connectivity index (χ1v) is 6.14. The number of rotatable bonds is 2. The molecule has 1 aliphatic rings. The van der Waals surface area contributed by atoms with Gasteiger partial charge in [0.15, 0.2) is 10.3 Å². The Morgan fingerprint density at radius 3 is 3.06 bits per heavy atom. The molecule has 1 atom stereocenters. The molecule has 1 amide bonds. The summed E-state index contributed by atoms with van der Waals surface area (Å²) in [6, 6.07) is 1.69.